The van der Waals surface area contributed by atoms with Crippen molar-refractivity contribution < 1.29 is 27.4 Å². The van der Waals surface area contributed by atoms with E-state index in [0.717, 1.165) is 10.6 Å². The molecule has 0 aliphatic heterocycles. The highest BCUT2D eigenvalue weighted by Gasteiger charge is 2.31. The van der Waals surface area contributed by atoms with Gasteiger partial charge in [0.1, 0.15) is 0 Å². The summed E-state index contributed by atoms with van der Waals surface area (Å²) in [4.78, 5) is 12.3. The zero-order chi connectivity index (χ0) is 19.4. The van der Waals surface area contributed by atoms with Crippen LogP contribution in [0, 0.1) is 0 Å². The summed E-state index contributed by atoms with van der Waals surface area (Å²) >= 11 is 0. The van der Waals surface area contributed by atoms with Crippen molar-refractivity contribution in [2.24, 2.45) is 0 Å². The molecule has 0 saturated heterocycles. The third-order valence-electron chi connectivity index (χ3n) is 3.38. The Morgan fingerprint density at radius 3 is 1.88 bits per heavy atom. The van der Waals surface area contributed by atoms with Crippen LogP contribution in [-0.4, -0.2) is 58.3 Å². The molecule has 0 fully saturated rings. The van der Waals surface area contributed by atoms with Gasteiger partial charge in [-0.15, -0.1) is 0 Å². The standard InChI is InChI=1S/C16H26N2O6S/c1-16(2,3)18(25(7,20)21)10-14(19)17-11-8-12(22-4)15(24-6)13(9-11)23-5/h8-9H,10H2,1-7H3,(H,17,19). The lowest BCUT2D eigenvalue weighted by atomic mass is 10.1. The SMILES string of the molecule is COc1cc(NC(=O)CN(C(C)(C)C)S(C)(=O)=O)cc(OC)c1OC. The van der Waals surface area contributed by atoms with E-state index in [9.17, 15) is 13.2 Å². The van der Waals surface area contributed by atoms with E-state index in [4.69, 9.17) is 14.2 Å². The van der Waals surface area contributed by atoms with E-state index in [2.05, 4.69) is 5.32 Å². The fourth-order valence-electron chi connectivity index (χ4n) is 2.34. The predicted octanol–water partition coefficient (Wildman–Crippen LogP) is 1.71. The van der Waals surface area contributed by atoms with Crippen LogP contribution in [0.4, 0.5) is 5.69 Å². The molecule has 0 heterocycles. The van der Waals surface area contributed by atoms with Gasteiger partial charge in [-0.2, -0.15) is 4.31 Å². The minimum Gasteiger partial charge on any atom is -0.493 e. The van der Waals surface area contributed by atoms with Crippen LogP contribution in [0.2, 0.25) is 0 Å². The molecule has 0 saturated carbocycles. The number of hydrogen-bond acceptors (Lipinski definition) is 6. The first kappa shape index (κ1) is 21.0. The topological polar surface area (TPSA) is 94.2 Å². The van der Waals surface area contributed by atoms with E-state index < -0.39 is 21.5 Å². The van der Waals surface area contributed by atoms with E-state index in [1.165, 1.54) is 21.3 Å². The van der Waals surface area contributed by atoms with Crippen LogP contribution in [0.1, 0.15) is 20.8 Å². The fourth-order valence-corrected chi connectivity index (χ4v) is 3.68. The Morgan fingerprint density at radius 1 is 1.08 bits per heavy atom. The van der Waals surface area contributed by atoms with E-state index in [1.54, 1.807) is 32.9 Å². The minimum absolute atomic E-state index is 0.307. The number of carbonyl (C=O) groups excluding carboxylic acids is 1. The monoisotopic (exact) mass is 374 g/mol. The van der Waals surface area contributed by atoms with Crippen molar-refractivity contribution in [1.29, 1.82) is 0 Å². The van der Waals surface area contributed by atoms with E-state index >= 15 is 0 Å². The van der Waals surface area contributed by atoms with Crippen LogP contribution in [-0.2, 0) is 14.8 Å². The number of anilines is 1. The summed E-state index contributed by atoms with van der Waals surface area (Å²) in [7, 11) is 0.867. The van der Waals surface area contributed by atoms with Crippen LogP contribution in [0.15, 0.2) is 12.1 Å². The molecule has 0 unspecified atom stereocenters. The van der Waals surface area contributed by atoms with Gasteiger partial charge in [0.15, 0.2) is 11.5 Å². The number of ether oxygens (including phenoxy) is 3. The molecule has 25 heavy (non-hydrogen) atoms. The molecule has 0 atom stereocenters. The smallest absolute Gasteiger partial charge is 0.239 e. The van der Waals surface area contributed by atoms with E-state index in [-0.39, 0.29) is 6.54 Å². The molecule has 0 spiro atoms. The average molecular weight is 374 g/mol. The summed E-state index contributed by atoms with van der Waals surface area (Å²) in [5.41, 5.74) is -0.318. The molecule has 0 bridgehead atoms. The van der Waals surface area contributed by atoms with Crippen LogP contribution >= 0.6 is 0 Å². The maximum atomic E-state index is 12.3. The Labute approximate surface area is 149 Å². The number of hydrogen-bond donors (Lipinski definition) is 1. The lowest BCUT2D eigenvalue weighted by Gasteiger charge is -2.32. The van der Waals surface area contributed by atoms with E-state index in [0.29, 0.717) is 22.9 Å². The molecule has 8 nitrogen and oxygen atoms in total. The van der Waals surface area contributed by atoms with Gasteiger partial charge in [-0.1, -0.05) is 0 Å². The molecule has 142 valence electrons. The maximum absolute atomic E-state index is 12.3. The Bertz CT molecular complexity index is 700. The second kappa shape index (κ2) is 7.92. The number of rotatable bonds is 7. The van der Waals surface area contributed by atoms with Gasteiger partial charge in [0.05, 0.1) is 34.1 Å². The molecule has 0 radical (unpaired) electrons. The number of amides is 1. The van der Waals surface area contributed by atoms with Crippen molar-refractivity contribution in [2.45, 2.75) is 26.3 Å². The van der Waals surface area contributed by atoms with Crippen LogP contribution in [0.25, 0.3) is 0 Å². The largest absolute Gasteiger partial charge is 0.493 e. The van der Waals surface area contributed by atoms with Gasteiger partial charge in [-0.3, -0.25) is 4.79 Å². The zero-order valence-electron chi connectivity index (χ0n) is 15.7. The van der Waals surface area contributed by atoms with Gasteiger partial charge in [-0.05, 0) is 20.8 Å². The van der Waals surface area contributed by atoms with Crippen LogP contribution in [0.5, 0.6) is 17.2 Å². The average Bonchev–Trinajstić information content (AvgIpc) is 2.49. The molecular weight excluding hydrogens is 348 g/mol. The molecule has 1 aromatic rings. The molecule has 0 aromatic heterocycles. The normalized spacial score (nSPS) is 12.0. The highest BCUT2D eigenvalue weighted by atomic mass is 32.2. The second-order valence-electron chi connectivity index (χ2n) is 6.40. The third kappa shape index (κ3) is 5.50. The van der Waals surface area contributed by atoms with Crippen LogP contribution < -0.4 is 19.5 Å². The van der Waals surface area contributed by atoms with Crippen molar-refractivity contribution in [3.63, 3.8) is 0 Å². The highest BCUT2D eigenvalue weighted by molar-refractivity contribution is 7.88. The molecule has 1 aromatic carbocycles. The summed E-state index contributed by atoms with van der Waals surface area (Å²) < 4.78 is 40.7. The zero-order valence-corrected chi connectivity index (χ0v) is 16.5. The van der Waals surface area contributed by atoms with E-state index in [1.807, 2.05) is 0 Å². The molecular formula is C16H26N2O6S. The minimum atomic E-state index is -3.54. The molecule has 1 rings (SSSR count). The van der Waals surface area contributed by atoms with Gasteiger partial charge >= 0.3 is 0 Å². The Kier molecular flexibility index (Phi) is 6.67. The molecule has 1 N–H and O–H groups in total. The summed E-state index contributed by atoms with van der Waals surface area (Å²) in [5, 5.41) is 2.66. The predicted molar refractivity (Wildman–Crippen MR) is 96.0 cm³/mol. The quantitative estimate of drug-likeness (QED) is 0.781. The van der Waals surface area contributed by atoms with Crippen molar-refractivity contribution in [1.82, 2.24) is 4.31 Å². The first-order chi connectivity index (χ1) is 11.4. The Morgan fingerprint density at radius 2 is 1.56 bits per heavy atom. The number of benzene rings is 1. The van der Waals surface area contributed by atoms with Crippen molar-refractivity contribution in [3.8, 4) is 17.2 Å². The van der Waals surface area contributed by atoms with Crippen molar-refractivity contribution in [3.05, 3.63) is 12.1 Å². The number of sulfonamides is 1. The number of nitrogens with zero attached hydrogens (tertiary/aromatic N) is 1. The summed E-state index contributed by atoms with van der Waals surface area (Å²) in [6.45, 7) is 4.86. The van der Waals surface area contributed by atoms with Gasteiger partial charge < -0.3 is 19.5 Å². The maximum Gasteiger partial charge on any atom is 0.239 e. The Balaban J connectivity index is 3.08. The first-order valence-corrected chi connectivity index (χ1v) is 9.36. The van der Waals surface area contributed by atoms with Gasteiger partial charge in [0.25, 0.3) is 0 Å². The molecule has 1 amide bonds. The highest BCUT2D eigenvalue weighted by Crippen LogP contribution is 2.39. The van der Waals surface area contributed by atoms with Gasteiger partial charge in [0, 0.05) is 23.4 Å². The first-order valence-electron chi connectivity index (χ1n) is 7.51. The van der Waals surface area contributed by atoms with Crippen LogP contribution in [0.3, 0.4) is 0 Å². The molecule has 0 aliphatic rings. The summed E-state index contributed by atoms with van der Waals surface area (Å²) in [6, 6.07) is 3.14. The second-order valence-corrected chi connectivity index (χ2v) is 8.31. The lowest BCUT2D eigenvalue weighted by Crippen LogP contribution is -2.48. The fraction of sp³-hybridized carbons (Fsp3) is 0.562. The number of methoxy groups -OCH3 is 3. The van der Waals surface area contributed by atoms with Gasteiger partial charge in [-0.25, -0.2) is 8.42 Å². The van der Waals surface area contributed by atoms with Crippen molar-refractivity contribution in [2.75, 3.05) is 39.4 Å². The lowest BCUT2D eigenvalue weighted by molar-refractivity contribution is -0.117. The number of carbonyl (C=O) groups is 1. The number of nitrogens with one attached hydrogen (secondary N) is 1. The molecule has 9 heteroatoms. The summed E-state index contributed by atoms with van der Waals surface area (Å²) in [5.74, 6) is 0.686. The third-order valence-corrected chi connectivity index (χ3v) is 4.86. The molecule has 0 aliphatic carbocycles. The van der Waals surface area contributed by atoms with Gasteiger partial charge in [0.2, 0.25) is 21.7 Å². The van der Waals surface area contributed by atoms with Crippen molar-refractivity contribution >= 4 is 21.6 Å². The Hall–Kier alpha value is -2.00. The summed E-state index contributed by atoms with van der Waals surface area (Å²) in [6.07, 6.45) is 1.07.